The van der Waals surface area contributed by atoms with Crippen molar-refractivity contribution >= 4 is 23.5 Å². The summed E-state index contributed by atoms with van der Waals surface area (Å²) in [5.74, 6) is -0.192. The molecule has 2 rings (SSSR count). The number of aromatic nitrogens is 3. The molecule has 2 aromatic heterocycles. The standard InChI is InChI=1S/C13H14N4O3S/c1-7-3-4-14-9(5-7)15-12(20)8(2)21-13-16-10(18)6-11(19)17-13/h3-6,8H,1-2H3,(H,14,15,20)(H2,16,17,18,19). The van der Waals surface area contributed by atoms with Crippen molar-refractivity contribution in [2.75, 3.05) is 5.32 Å². The zero-order valence-corrected chi connectivity index (χ0v) is 12.3. The van der Waals surface area contributed by atoms with Crippen LogP contribution in [0.15, 0.2) is 34.3 Å². The van der Waals surface area contributed by atoms with Gasteiger partial charge in [-0.15, -0.1) is 0 Å². The van der Waals surface area contributed by atoms with Gasteiger partial charge < -0.3 is 15.4 Å². The third-order valence-electron chi connectivity index (χ3n) is 2.53. The predicted molar refractivity (Wildman–Crippen MR) is 79.4 cm³/mol. The number of amides is 1. The summed E-state index contributed by atoms with van der Waals surface area (Å²) in [6.07, 6.45) is 1.61. The molecule has 1 amide bonds. The van der Waals surface area contributed by atoms with Crippen LogP contribution in [0.2, 0.25) is 0 Å². The van der Waals surface area contributed by atoms with E-state index in [-0.39, 0.29) is 16.9 Å². The fraction of sp³-hybridized carbons (Fsp3) is 0.231. The number of carbonyl (C=O) groups excluding carboxylic acids is 1. The van der Waals surface area contributed by atoms with Gasteiger partial charge in [0.15, 0.2) is 5.16 Å². The number of rotatable bonds is 4. The van der Waals surface area contributed by atoms with Crippen LogP contribution < -0.4 is 10.9 Å². The topological polar surface area (TPSA) is 108 Å². The summed E-state index contributed by atoms with van der Waals surface area (Å²) in [7, 11) is 0. The van der Waals surface area contributed by atoms with E-state index in [1.165, 1.54) is 0 Å². The van der Waals surface area contributed by atoms with Crippen LogP contribution in [0.25, 0.3) is 0 Å². The molecule has 1 unspecified atom stereocenters. The van der Waals surface area contributed by atoms with Gasteiger partial charge in [-0.1, -0.05) is 11.8 Å². The average Bonchev–Trinajstić information content (AvgIpc) is 2.37. The first-order valence-electron chi connectivity index (χ1n) is 6.14. The first-order chi connectivity index (χ1) is 9.94. The zero-order valence-electron chi connectivity index (χ0n) is 11.5. The Morgan fingerprint density at radius 2 is 2.24 bits per heavy atom. The molecular weight excluding hydrogens is 292 g/mol. The third kappa shape index (κ3) is 4.32. The summed E-state index contributed by atoms with van der Waals surface area (Å²) in [6, 6.07) is 4.55. The summed E-state index contributed by atoms with van der Waals surface area (Å²) < 4.78 is 0. The van der Waals surface area contributed by atoms with Crippen molar-refractivity contribution in [2.24, 2.45) is 0 Å². The van der Waals surface area contributed by atoms with E-state index in [0.29, 0.717) is 5.82 Å². The SMILES string of the molecule is Cc1ccnc(NC(=O)C(C)Sc2nc(O)cc(=O)[nH]2)c1. The summed E-state index contributed by atoms with van der Waals surface area (Å²) >= 11 is 1.04. The molecule has 0 spiro atoms. The summed E-state index contributed by atoms with van der Waals surface area (Å²) in [5.41, 5.74) is 0.512. The molecule has 0 bridgehead atoms. The minimum atomic E-state index is -0.516. The van der Waals surface area contributed by atoms with Gasteiger partial charge in [0.05, 0.1) is 11.3 Å². The van der Waals surface area contributed by atoms with Gasteiger partial charge in [0, 0.05) is 6.20 Å². The molecule has 0 aliphatic heterocycles. The number of pyridine rings is 1. The maximum atomic E-state index is 12.0. The highest BCUT2D eigenvalue weighted by atomic mass is 32.2. The molecular formula is C13H14N4O3S. The minimum Gasteiger partial charge on any atom is -0.493 e. The predicted octanol–water partition coefficient (Wildman–Crippen LogP) is 1.30. The number of hydrogen-bond acceptors (Lipinski definition) is 6. The van der Waals surface area contributed by atoms with Gasteiger partial charge in [0.2, 0.25) is 11.8 Å². The molecule has 3 N–H and O–H groups in total. The molecule has 0 aliphatic rings. The van der Waals surface area contributed by atoms with Gasteiger partial charge >= 0.3 is 0 Å². The molecule has 0 fully saturated rings. The number of H-pyrrole nitrogens is 1. The number of aryl methyl sites for hydroxylation is 1. The van der Waals surface area contributed by atoms with Crippen LogP contribution in [0.4, 0.5) is 5.82 Å². The van der Waals surface area contributed by atoms with E-state index in [9.17, 15) is 14.7 Å². The Balaban J connectivity index is 2.04. The van der Waals surface area contributed by atoms with Gasteiger partial charge in [0.25, 0.3) is 5.56 Å². The van der Waals surface area contributed by atoms with Crippen LogP contribution in [0, 0.1) is 6.92 Å². The molecule has 21 heavy (non-hydrogen) atoms. The number of anilines is 1. The van der Waals surface area contributed by atoms with Crippen LogP contribution in [0.5, 0.6) is 5.88 Å². The van der Waals surface area contributed by atoms with Crippen LogP contribution >= 0.6 is 11.8 Å². The Hall–Kier alpha value is -2.35. The molecule has 0 saturated heterocycles. The maximum absolute atomic E-state index is 12.0. The van der Waals surface area contributed by atoms with Crippen molar-refractivity contribution in [1.29, 1.82) is 0 Å². The molecule has 2 aromatic rings. The van der Waals surface area contributed by atoms with Crippen LogP contribution in [-0.2, 0) is 4.79 Å². The lowest BCUT2D eigenvalue weighted by Gasteiger charge is -2.11. The van der Waals surface area contributed by atoms with Crippen LogP contribution in [0.1, 0.15) is 12.5 Å². The lowest BCUT2D eigenvalue weighted by atomic mass is 10.3. The lowest BCUT2D eigenvalue weighted by Crippen LogP contribution is -2.23. The van der Waals surface area contributed by atoms with E-state index < -0.39 is 10.8 Å². The number of hydrogen-bond donors (Lipinski definition) is 3. The molecule has 2 heterocycles. The third-order valence-corrected chi connectivity index (χ3v) is 3.52. The van der Waals surface area contributed by atoms with Crippen LogP contribution in [0.3, 0.4) is 0 Å². The average molecular weight is 306 g/mol. The minimum absolute atomic E-state index is 0.180. The fourth-order valence-corrected chi connectivity index (χ4v) is 2.34. The van der Waals surface area contributed by atoms with Gasteiger partial charge in [0.1, 0.15) is 5.82 Å². The molecule has 8 heteroatoms. The molecule has 0 saturated carbocycles. The summed E-state index contributed by atoms with van der Waals surface area (Å²) in [6.45, 7) is 3.57. The number of carbonyl (C=O) groups is 1. The Morgan fingerprint density at radius 1 is 1.48 bits per heavy atom. The smallest absolute Gasteiger partial charge is 0.255 e. The van der Waals surface area contributed by atoms with Gasteiger partial charge in [-0.05, 0) is 31.5 Å². The summed E-state index contributed by atoms with van der Waals surface area (Å²) in [4.78, 5) is 33.5. The lowest BCUT2D eigenvalue weighted by molar-refractivity contribution is -0.115. The number of nitrogens with one attached hydrogen (secondary N) is 2. The van der Waals surface area contributed by atoms with Gasteiger partial charge in [-0.25, -0.2) is 4.98 Å². The molecule has 0 radical (unpaired) electrons. The first kappa shape index (κ1) is 15.0. The van der Waals surface area contributed by atoms with E-state index in [4.69, 9.17) is 0 Å². The van der Waals surface area contributed by atoms with Gasteiger partial charge in [-0.3, -0.25) is 9.59 Å². The maximum Gasteiger partial charge on any atom is 0.255 e. The monoisotopic (exact) mass is 306 g/mol. The summed E-state index contributed by atoms with van der Waals surface area (Å²) in [5, 5.41) is 11.6. The highest BCUT2D eigenvalue weighted by molar-refractivity contribution is 8.00. The molecule has 0 aliphatic carbocycles. The van der Waals surface area contributed by atoms with Crippen molar-refractivity contribution in [1.82, 2.24) is 15.0 Å². The van der Waals surface area contributed by atoms with Crippen molar-refractivity contribution in [2.45, 2.75) is 24.3 Å². The van der Waals surface area contributed by atoms with E-state index in [0.717, 1.165) is 23.4 Å². The Kier molecular flexibility index (Phi) is 4.59. The molecule has 110 valence electrons. The van der Waals surface area contributed by atoms with Crippen molar-refractivity contribution in [3.63, 3.8) is 0 Å². The normalized spacial score (nSPS) is 11.9. The second-order valence-electron chi connectivity index (χ2n) is 4.38. The Bertz CT molecular complexity index is 717. The Morgan fingerprint density at radius 3 is 2.90 bits per heavy atom. The number of aromatic hydroxyl groups is 1. The highest BCUT2D eigenvalue weighted by Crippen LogP contribution is 2.20. The second-order valence-corrected chi connectivity index (χ2v) is 5.71. The van der Waals surface area contributed by atoms with Crippen molar-refractivity contribution in [3.05, 3.63) is 40.3 Å². The molecule has 0 aromatic carbocycles. The Labute approximate surface area is 124 Å². The molecule has 7 nitrogen and oxygen atoms in total. The van der Waals surface area contributed by atoms with E-state index in [1.807, 2.05) is 13.0 Å². The second kappa shape index (κ2) is 6.40. The number of aromatic amines is 1. The first-order valence-corrected chi connectivity index (χ1v) is 7.02. The number of thioether (sulfide) groups is 1. The van der Waals surface area contributed by atoms with Crippen molar-refractivity contribution < 1.29 is 9.90 Å². The quantitative estimate of drug-likeness (QED) is 0.580. The van der Waals surface area contributed by atoms with E-state index in [2.05, 4.69) is 20.3 Å². The zero-order chi connectivity index (χ0) is 15.4. The van der Waals surface area contributed by atoms with E-state index >= 15 is 0 Å². The van der Waals surface area contributed by atoms with Crippen molar-refractivity contribution in [3.8, 4) is 5.88 Å². The fourth-order valence-electron chi connectivity index (χ4n) is 1.53. The van der Waals surface area contributed by atoms with E-state index in [1.54, 1.807) is 19.2 Å². The van der Waals surface area contributed by atoms with Gasteiger partial charge in [-0.2, -0.15) is 4.98 Å². The number of nitrogens with zero attached hydrogens (tertiary/aromatic N) is 2. The largest absolute Gasteiger partial charge is 0.493 e. The van der Waals surface area contributed by atoms with Crippen LogP contribution in [-0.4, -0.2) is 31.2 Å². The molecule has 1 atom stereocenters. The highest BCUT2D eigenvalue weighted by Gasteiger charge is 2.16.